The van der Waals surface area contributed by atoms with E-state index in [2.05, 4.69) is 13.0 Å². The molecule has 0 atom stereocenters. The minimum Gasteiger partial charge on any atom is -0.373 e. The number of rotatable bonds is 1. The van der Waals surface area contributed by atoms with Gasteiger partial charge in [0.05, 0.1) is 13.2 Å². The van der Waals surface area contributed by atoms with Gasteiger partial charge >= 0.3 is 0 Å². The first-order chi connectivity index (χ1) is 3.43. The van der Waals surface area contributed by atoms with Gasteiger partial charge in [-0.15, -0.1) is 0 Å². The summed E-state index contributed by atoms with van der Waals surface area (Å²) in [6.07, 6.45) is 3.38. The van der Waals surface area contributed by atoms with Crippen molar-refractivity contribution < 1.29 is 4.74 Å². The highest BCUT2D eigenvalue weighted by Gasteiger charge is 2.05. The second kappa shape index (κ2) is 2.12. The molecule has 0 aromatic carbocycles. The summed E-state index contributed by atoms with van der Waals surface area (Å²) < 4.78 is 4.92. The number of allylic oxidation sites excluding steroid dienone is 1. The Morgan fingerprint density at radius 2 is 2.43 bits per heavy atom. The predicted octanol–water partition coefficient (Wildman–Crippen LogP) is 1.35. The molecule has 0 unspecified atom stereocenters. The summed E-state index contributed by atoms with van der Waals surface area (Å²) in [6, 6.07) is 0. The number of hydrogen-bond acceptors (Lipinski definition) is 1. The fourth-order valence-electron chi connectivity index (χ4n) is 0.626. The molecule has 1 rings (SSSR count). The van der Waals surface area contributed by atoms with Crippen molar-refractivity contribution in [2.45, 2.75) is 13.3 Å². The van der Waals surface area contributed by atoms with Gasteiger partial charge in [0.2, 0.25) is 0 Å². The molecule has 1 nitrogen and oxygen atoms in total. The van der Waals surface area contributed by atoms with E-state index in [1.807, 2.05) is 0 Å². The van der Waals surface area contributed by atoms with Gasteiger partial charge in [-0.25, -0.2) is 0 Å². The zero-order chi connectivity index (χ0) is 5.11. The van der Waals surface area contributed by atoms with E-state index < -0.39 is 0 Å². The Hall–Kier alpha value is -0.300. The lowest BCUT2D eigenvalue weighted by molar-refractivity contribution is 0.102. The van der Waals surface area contributed by atoms with Crippen LogP contribution in [0.5, 0.6) is 0 Å². The minimum absolute atomic E-state index is 0.883. The second-order valence-electron chi connectivity index (χ2n) is 1.76. The average molecular weight is 98.1 g/mol. The monoisotopic (exact) mass is 98.1 g/mol. The van der Waals surface area contributed by atoms with E-state index in [1.165, 1.54) is 5.57 Å². The molecule has 1 aliphatic heterocycles. The van der Waals surface area contributed by atoms with Crippen LogP contribution in [0.1, 0.15) is 13.3 Å². The quantitative estimate of drug-likeness (QED) is 0.450. The van der Waals surface area contributed by atoms with Crippen molar-refractivity contribution in [2.24, 2.45) is 0 Å². The standard InChI is InChI=1S/C6H10O/c1-2-3-6-4-7-5-6/h3H,2,4-5H2,1H3. The van der Waals surface area contributed by atoms with Gasteiger partial charge in [0.25, 0.3) is 0 Å². The Labute approximate surface area is 44.0 Å². The Morgan fingerprint density at radius 1 is 1.71 bits per heavy atom. The summed E-state index contributed by atoms with van der Waals surface area (Å²) >= 11 is 0. The maximum Gasteiger partial charge on any atom is 0.0703 e. The molecule has 7 heavy (non-hydrogen) atoms. The molecule has 1 fully saturated rings. The van der Waals surface area contributed by atoms with Crippen LogP contribution in [-0.2, 0) is 4.74 Å². The zero-order valence-electron chi connectivity index (χ0n) is 4.61. The van der Waals surface area contributed by atoms with Crippen LogP contribution in [0.25, 0.3) is 0 Å². The predicted molar refractivity (Wildman–Crippen MR) is 29.2 cm³/mol. The van der Waals surface area contributed by atoms with Gasteiger partial charge < -0.3 is 4.74 Å². The second-order valence-corrected chi connectivity index (χ2v) is 1.76. The van der Waals surface area contributed by atoms with Crippen molar-refractivity contribution in [2.75, 3.05) is 13.2 Å². The first kappa shape index (κ1) is 4.85. The van der Waals surface area contributed by atoms with Gasteiger partial charge in [0, 0.05) is 0 Å². The molecular formula is C6H10O. The maximum absolute atomic E-state index is 4.92. The molecule has 0 aliphatic carbocycles. The van der Waals surface area contributed by atoms with Gasteiger partial charge in [-0.1, -0.05) is 13.0 Å². The lowest BCUT2D eigenvalue weighted by atomic mass is 10.2. The maximum atomic E-state index is 4.92. The molecule has 1 heteroatoms. The lowest BCUT2D eigenvalue weighted by Gasteiger charge is -2.16. The molecule has 40 valence electrons. The SMILES string of the molecule is CCC=C1COC1. The van der Waals surface area contributed by atoms with Crippen LogP contribution in [0.15, 0.2) is 11.6 Å². The molecule has 0 saturated carbocycles. The highest BCUT2D eigenvalue weighted by Crippen LogP contribution is 2.07. The third-order valence-electron chi connectivity index (χ3n) is 1.07. The van der Waals surface area contributed by atoms with Crippen molar-refractivity contribution in [3.05, 3.63) is 11.6 Å². The topological polar surface area (TPSA) is 9.23 Å². The highest BCUT2D eigenvalue weighted by atomic mass is 16.5. The van der Waals surface area contributed by atoms with E-state index in [1.54, 1.807) is 0 Å². The molecule has 0 spiro atoms. The van der Waals surface area contributed by atoms with Gasteiger partial charge in [-0.2, -0.15) is 0 Å². The van der Waals surface area contributed by atoms with Crippen molar-refractivity contribution in [3.63, 3.8) is 0 Å². The third-order valence-corrected chi connectivity index (χ3v) is 1.07. The number of hydrogen-bond donors (Lipinski definition) is 0. The minimum atomic E-state index is 0.883. The van der Waals surface area contributed by atoms with E-state index in [-0.39, 0.29) is 0 Å². The summed E-state index contributed by atoms with van der Waals surface area (Å²) in [5, 5.41) is 0. The summed E-state index contributed by atoms with van der Waals surface area (Å²) in [7, 11) is 0. The van der Waals surface area contributed by atoms with Crippen LogP contribution >= 0.6 is 0 Å². The highest BCUT2D eigenvalue weighted by molar-refractivity contribution is 5.07. The molecule has 1 heterocycles. The van der Waals surface area contributed by atoms with E-state index >= 15 is 0 Å². The normalized spacial score (nSPS) is 18.7. The van der Waals surface area contributed by atoms with E-state index in [0.29, 0.717) is 0 Å². The summed E-state index contributed by atoms with van der Waals surface area (Å²) in [4.78, 5) is 0. The Bertz CT molecular complexity index is 78.2. The molecule has 0 bridgehead atoms. The van der Waals surface area contributed by atoms with Gasteiger partial charge in [0.1, 0.15) is 0 Å². The van der Waals surface area contributed by atoms with Crippen LogP contribution in [0.2, 0.25) is 0 Å². The van der Waals surface area contributed by atoms with Crippen LogP contribution in [0, 0.1) is 0 Å². The number of ether oxygens (including phenoxy) is 1. The molecular weight excluding hydrogens is 88.1 g/mol. The first-order valence-electron chi connectivity index (χ1n) is 2.69. The molecule has 0 N–H and O–H groups in total. The van der Waals surface area contributed by atoms with E-state index in [4.69, 9.17) is 4.74 Å². The molecule has 0 aromatic heterocycles. The molecule has 0 radical (unpaired) electrons. The van der Waals surface area contributed by atoms with Crippen molar-refractivity contribution >= 4 is 0 Å². The van der Waals surface area contributed by atoms with E-state index in [9.17, 15) is 0 Å². The van der Waals surface area contributed by atoms with Crippen molar-refractivity contribution in [1.29, 1.82) is 0 Å². The molecule has 0 aromatic rings. The van der Waals surface area contributed by atoms with Gasteiger partial charge in [0.15, 0.2) is 0 Å². The van der Waals surface area contributed by atoms with Crippen molar-refractivity contribution in [1.82, 2.24) is 0 Å². The zero-order valence-corrected chi connectivity index (χ0v) is 4.61. The third kappa shape index (κ3) is 1.03. The summed E-state index contributed by atoms with van der Waals surface area (Å²) in [6.45, 7) is 3.91. The average Bonchev–Trinajstić information content (AvgIpc) is 1.55. The Balaban J connectivity index is 2.23. The smallest absolute Gasteiger partial charge is 0.0703 e. The van der Waals surface area contributed by atoms with Crippen LogP contribution in [0.4, 0.5) is 0 Å². The summed E-state index contributed by atoms with van der Waals surface area (Å²) in [5.41, 5.74) is 1.46. The van der Waals surface area contributed by atoms with Gasteiger partial charge in [-0.05, 0) is 12.0 Å². The van der Waals surface area contributed by atoms with Crippen LogP contribution in [0.3, 0.4) is 0 Å². The fraction of sp³-hybridized carbons (Fsp3) is 0.667. The Kier molecular flexibility index (Phi) is 1.47. The molecule has 0 amide bonds. The lowest BCUT2D eigenvalue weighted by Crippen LogP contribution is -2.15. The Morgan fingerprint density at radius 3 is 2.57 bits per heavy atom. The largest absolute Gasteiger partial charge is 0.373 e. The molecule has 1 saturated heterocycles. The fourth-order valence-corrected chi connectivity index (χ4v) is 0.626. The van der Waals surface area contributed by atoms with E-state index in [0.717, 1.165) is 19.6 Å². The van der Waals surface area contributed by atoms with Crippen LogP contribution in [-0.4, -0.2) is 13.2 Å². The van der Waals surface area contributed by atoms with Crippen molar-refractivity contribution in [3.8, 4) is 0 Å². The molecule has 1 aliphatic rings. The van der Waals surface area contributed by atoms with Crippen LogP contribution < -0.4 is 0 Å². The first-order valence-corrected chi connectivity index (χ1v) is 2.69. The summed E-state index contributed by atoms with van der Waals surface area (Å²) in [5.74, 6) is 0. The van der Waals surface area contributed by atoms with Gasteiger partial charge in [-0.3, -0.25) is 0 Å².